The molecule has 0 fully saturated rings. The maximum absolute atomic E-state index is 12.1. The minimum Gasteiger partial charge on any atom is -0.493 e. The predicted octanol–water partition coefficient (Wildman–Crippen LogP) is 1.66. The molecule has 0 aliphatic carbocycles. The molecule has 1 heterocycles. The number of methoxy groups -OCH3 is 2. The van der Waals surface area contributed by atoms with Crippen molar-refractivity contribution in [2.45, 2.75) is 6.42 Å². The van der Waals surface area contributed by atoms with E-state index >= 15 is 0 Å². The number of aromatic nitrogens is 2. The zero-order chi connectivity index (χ0) is 20.8. The van der Waals surface area contributed by atoms with Gasteiger partial charge in [0.05, 0.1) is 31.7 Å². The summed E-state index contributed by atoms with van der Waals surface area (Å²) in [6.07, 6.45) is -0.180. The maximum Gasteiger partial charge on any atom is 0.312 e. The molecule has 0 spiro atoms. The Kier molecular flexibility index (Phi) is 6.08. The average molecular weight is 397 g/mol. The molecule has 0 unspecified atom stereocenters. The molecule has 1 amide bonds. The summed E-state index contributed by atoms with van der Waals surface area (Å²) in [4.78, 5) is 36.0. The third-order valence-corrected chi connectivity index (χ3v) is 4.12. The molecule has 0 bridgehead atoms. The highest BCUT2D eigenvalue weighted by atomic mass is 16.5. The lowest BCUT2D eigenvalue weighted by molar-refractivity contribution is -0.146. The fourth-order valence-electron chi connectivity index (χ4n) is 2.75. The molecule has 0 radical (unpaired) electrons. The Hall–Kier alpha value is -3.88. The van der Waals surface area contributed by atoms with Crippen LogP contribution in [0, 0.1) is 0 Å². The third kappa shape index (κ3) is 4.70. The molecular formula is C20H19N3O6. The van der Waals surface area contributed by atoms with E-state index in [1.165, 1.54) is 14.2 Å². The first-order valence-electron chi connectivity index (χ1n) is 8.65. The van der Waals surface area contributed by atoms with E-state index in [9.17, 15) is 14.4 Å². The van der Waals surface area contributed by atoms with E-state index in [0.717, 1.165) is 0 Å². The Balaban J connectivity index is 1.59. The first kappa shape index (κ1) is 19.9. The van der Waals surface area contributed by atoms with Crippen molar-refractivity contribution in [1.29, 1.82) is 0 Å². The van der Waals surface area contributed by atoms with Crippen LogP contribution in [0.3, 0.4) is 0 Å². The van der Waals surface area contributed by atoms with Gasteiger partial charge in [-0.3, -0.25) is 14.4 Å². The van der Waals surface area contributed by atoms with Crippen molar-refractivity contribution in [2.24, 2.45) is 0 Å². The van der Waals surface area contributed by atoms with Crippen molar-refractivity contribution in [3.05, 3.63) is 58.5 Å². The van der Waals surface area contributed by atoms with Crippen LogP contribution in [0.2, 0.25) is 0 Å². The van der Waals surface area contributed by atoms with E-state index in [1.807, 2.05) is 0 Å². The van der Waals surface area contributed by atoms with Gasteiger partial charge in [0.2, 0.25) is 0 Å². The summed E-state index contributed by atoms with van der Waals surface area (Å²) >= 11 is 0. The number of fused-ring (bicyclic) bond motifs is 1. The van der Waals surface area contributed by atoms with Crippen LogP contribution in [0.15, 0.2) is 47.3 Å². The van der Waals surface area contributed by atoms with Crippen LogP contribution in [0.1, 0.15) is 5.69 Å². The molecule has 3 rings (SSSR count). The molecule has 9 heteroatoms. The monoisotopic (exact) mass is 397 g/mol. The summed E-state index contributed by atoms with van der Waals surface area (Å²) in [7, 11) is 3.00. The van der Waals surface area contributed by atoms with Gasteiger partial charge in [-0.1, -0.05) is 18.2 Å². The predicted molar refractivity (Wildman–Crippen MR) is 105 cm³/mol. The zero-order valence-corrected chi connectivity index (χ0v) is 15.9. The summed E-state index contributed by atoms with van der Waals surface area (Å²) in [5.41, 5.74) is 0.495. The number of nitrogens with one attached hydrogen (secondary N) is 2. The Morgan fingerprint density at radius 3 is 2.48 bits per heavy atom. The molecule has 9 nitrogen and oxygen atoms in total. The minimum atomic E-state index is -0.642. The van der Waals surface area contributed by atoms with Gasteiger partial charge in [0.25, 0.3) is 11.5 Å². The molecule has 3 aromatic rings. The van der Waals surface area contributed by atoms with E-state index in [1.54, 1.807) is 42.5 Å². The summed E-state index contributed by atoms with van der Waals surface area (Å²) < 4.78 is 15.3. The lowest BCUT2D eigenvalue weighted by atomic mass is 10.1. The van der Waals surface area contributed by atoms with Gasteiger partial charge in [-0.15, -0.1) is 0 Å². The maximum atomic E-state index is 12.1. The first-order chi connectivity index (χ1) is 14.0. The molecule has 1 aromatic heterocycles. The van der Waals surface area contributed by atoms with Crippen molar-refractivity contribution in [3.8, 4) is 11.5 Å². The van der Waals surface area contributed by atoms with Crippen LogP contribution in [0.5, 0.6) is 11.5 Å². The summed E-state index contributed by atoms with van der Waals surface area (Å²) in [5, 5.41) is 9.86. The topological polar surface area (TPSA) is 120 Å². The van der Waals surface area contributed by atoms with E-state index in [2.05, 4.69) is 15.5 Å². The number of hydrogen-bond acceptors (Lipinski definition) is 7. The lowest BCUT2D eigenvalue weighted by Gasteiger charge is -2.11. The largest absolute Gasteiger partial charge is 0.493 e. The molecule has 0 saturated heterocycles. The van der Waals surface area contributed by atoms with Crippen molar-refractivity contribution in [1.82, 2.24) is 10.2 Å². The number of hydrogen-bond donors (Lipinski definition) is 2. The van der Waals surface area contributed by atoms with Crippen LogP contribution in [0.25, 0.3) is 10.8 Å². The second-order valence-corrected chi connectivity index (χ2v) is 6.00. The van der Waals surface area contributed by atoms with Crippen LogP contribution in [-0.2, 0) is 20.7 Å². The number of anilines is 1. The highest BCUT2D eigenvalue weighted by Gasteiger charge is 2.14. The van der Waals surface area contributed by atoms with Crippen LogP contribution in [0.4, 0.5) is 5.69 Å². The van der Waals surface area contributed by atoms with E-state index in [-0.39, 0.29) is 12.0 Å². The van der Waals surface area contributed by atoms with Crippen molar-refractivity contribution in [3.63, 3.8) is 0 Å². The number of carbonyl (C=O) groups excluding carboxylic acids is 2. The van der Waals surface area contributed by atoms with E-state index < -0.39 is 18.5 Å². The molecule has 2 N–H and O–H groups in total. The number of H-pyrrole nitrogens is 1. The summed E-state index contributed by atoms with van der Waals surface area (Å²) in [5.74, 6) is -0.169. The average Bonchev–Trinajstić information content (AvgIpc) is 2.74. The Labute approximate surface area is 165 Å². The van der Waals surface area contributed by atoms with Gasteiger partial charge in [0.15, 0.2) is 18.1 Å². The summed E-state index contributed by atoms with van der Waals surface area (Å²) in [6, 6.07) is 11.7. The Bertz CT molecular complexity index is 1110. The normalized spacial score (nSPS) is 10.4. The van der Waals surface area contributed by atoms with Gasteiger partial charge in [-0.25, -0.2) is 5.10 Å². The fraction of sp³-hybridized carbons (Fsp3) is 0.200. The smallest absolute Gasteiger partial charge is 0.312 e. The van der Waals surface area contributed by atoms with Crippen molar-refractivity contribution >= 4 is 28.3 Å². The molecule has 2 aromatic carbocycles. The fourth-order valence-corrected chi connectivity index (χ4v) is 2.75. The number of nitrogens with zero attached hydrogens (tertiary/aromatic N) is 1. The van der Waals surface area contributed by atoms with Gasteiger partial charge in [-0.05, 0) is 18.2 Å². The zero-order valence-electron chi connectivity index (χ0n) is 15.9. The number of ether oxygens (including phenoxy) is 3. The van der Waals surface area contributed by atoms with Crippen molar-refractivity contribution in [2.75, 3.05) is 26.1 Å². The Morgan fingerprint density at radius 1 is 1.03 bits per heavy atom. The first-order valence-corrected chi connectivity index (χ1v) is 8.65. The Morgan fingerprint density at radius 2 is 1.76 bits per heavy atom. The van der Waals surface area contributed by atoms with Gasteiger partial charge in [0.1, 0.15) is 0 Å². The number of carbonyl (C=O) groups is 2. The number of amides is 1. The molecule has 0 atom stereocenters. The molecule has 0 aliphatic heterocycles. The molecule has 0 aliphatic rings. The molecule has 0 saturated carbocycles. The number of rotatable bonds is 7. The van der Waals surface area contributed by atoms with Gasteiger partial charge >= 0.3 is 5.97 Å². The highest BCUT2D eigenvalue weighted by molar-refractivity contribution is 5.93. The van der Waals surface area contributed by atoms with Crippen molar-refractivity contribution < 1.29 is 23.8 Å². The van der Waals surface area contributed by atoms with Gasteiger partial charge in [-0.2, -0.15) is 5.10 Å². The number of aromatic amines is 1. The highest BCUT2D eigenvalue weighted by Crippen LogP contribution is 2.29. The van der Waals surface area contributed by atoms with Crippen LogP contribution >= 0.6 is 0 Å². The van der Waals surface area contributed by atoms with Gasteiger partial charge < -0.3 is 19.5 Å². The van der Waals surface area contributed by atoms with Crippen LogP contribution in [-0.4, -0.2) is 42.9 Å². The second kappa shape index (κ2) is 8.87. The third-order valence-electron chi connectivity index (χ3n) is 4.12. The number of esters is 1. The van der Waals surface area contributed by atoms with E-state index in [0.29, 0.717) is 33.7 Å². The second-order valence-electron chi connectivity index (χ2n) is 6.00. The van der Waals surface area contributed by atoms with Gasteiger partial charge in [0, 0.05) is 17.1 Å². The molecule has 150 valence electrons. The molecular weight excluding hydrogens is 378 g/mol. The van der Waals surface area contributed by atoms with Crippen LogP contribution < -0.4 is 20.3 Å². The standard InChI is InChI=1S/C20H19N3O6/c1-27-16-8-7-12(9-17(16)28-2)21-18(24)11-29-19(25)10-15-13-5-3-4-6-14(13)20(26)23-22-15/h3-9H,10-11H2,1-2H3,(H,21,24)(H,23,26). The SMILES string of the molecule is COc1ccc(NC(=O)COC(=O)Cc2n[nH]c(=O)c3ccccc23)cc1OC. The number of benzene rings is 2. The van der Waals surface area contributed by atoms with E-state index in [4.69, 9.17) is 14.2 Å². The lowest BCUT2D eigenvalue weighted by Crippen LogP contribution is -2.22. The summed E-state index contributed by atoms with van der Waals surface area (Å²) in [6.45, 7) is -0.464. The molecule has 29 heavy (non-hydrogen) atoms. The minimum absolute atomic E-state index is 0.180. The quantitative estimate of drug-likeness (QED) is 0.582.